The number of nitrogens with one attached hydrogen (secondary N) is 2. The van der Waals surface area contributed by atoms with Crippen LogP contribution in [0.5, 0.6) is 0 Å². The van der Waals surface area contributed by atoms with Crippen molar-refractivity contribution in [1.29, 1.82) is 0 Å². The lowest BCUT2D eigenvalue weighted by molar-refractivity contribution is -0.142. The average Bonchev–Trinajstić information content (AvgIpc) is 2.86. The van der Waals surface area contributed by atoms with Crippen LogP contribution in [0.1, 0.15) is 40.5 Å². The monoisotopic (exact) mass is 372 g/mol. The van der Waals surface area contributed by atoms with E-state index in [2.05, 4.69) is 20.6 Å². The van der Waals surface area contributed by atoms with Gasteiger partial charge in [0.05, 0.1) is 6.21 Å². The summed E-state index contributed by atoms with van der Waals surface area (Å²) in [5, 5.41) is 21.6. The fourth-order valence-electron chi connectivity index (χ4n) is 1.46. The largest absolute Gasteiger partial charge is 0.481 e. The number of ether oxygens (including phenoxy) is 1. The minimum Gasteiger partial charge on any atom is -0.481 e. The van der Waals surface area contributed by atoms with Crippen molar-refractivity contribution in [1.82, 2.24) is 10.6 Å². The summed E-state index contributed by atoms with van der Waals surface area (Å²) in [6.45, 7) is 6.96. The van der Waals surface area contributed by atoms with E-state index in [9.17, 15) is 19.2 Å². The molecule has 0 radical (unpaired) electrons. The van der Waals surface area contributed by atoms with Crippen LogP contribution in [-0.4, -0.2) is 64.5 Å². The number of carboxylic acids is 2. The Balaban J connectivity index is 0.000000485. The molecule has 146 valence electrons. The third-order valence-corrected chi connectivity index (χ3v) is 2.62. The average molecular weight is 372 g/mol. The third-order valence-electron chi connectivity index (χ3n) is 2.62. The molecule has 0 saturated heterocycles. The molecule has 0 aromatic rings. The van der Waals surface area contributed by atoms with Gasteiger partial charge in [-0.05, 0) is 34.1 Å². The number of amidine groups is 1. The van der Waals surface area contributed by atoms with Crippen LogP contribution in [0.15, 0.2) is 9.98 Å². The van der Waals surface area contributed by atoms with Crippen LogP contribution in [0.4, 0.5) is 4.79 Å². The second-order valence-electron chi connectivity index (χ2n) is 6.27. The molecule has 0 saturated carbocycles. The number of carbonyl (C=O) groups is 4. The van der Waals surface area contributed by atoms with Gasteiger partial charge in [-0.25, -0.2) is 19.6 Å². The van der Waals surface area contributed by atoms with Gasteiger partial charge in [-0.2, -0.15) is 0 Å². The molecule has 0 aromatic carbocycles. The number of hydrogen-bond acceptors (Lipinski definition) is 7. The topological polar surface area (TPSA) is 167 Å². The number of hydrogen-bond donors (Lipinski definition) is 4. The minimum atomic E-state index is -1.48. The zero-order chi connectivity index (χ0) is 20.4. The molecule has 1 rings (SSSR count). The Hall–Kier alpha value is -2.98. The molecule has 0 bridgehead atoms. The fraction of sp³-hybridized carbons (Fsp3) is 0.600. The fourth-order valence-corrected chi connectivity index (χ4v) is 1.46. The van der Waals surface area contributed by atoms with Crippen molar-refractivity contribution >= 4 is 36.5 Å². The van der Waals surface area contributed by atoms with Gasteiger partial charge in [0, 0.05) is 13.0 Å². The van der Waals surface area contributed by atoms with Crippen molar-refractivity contribution < 1.29 is 34.1 Å². The number of aliphatic imine (C=N–C) groups is 2. The van der Waals surface area contributed by atoms with Crippen LogP contribution < -0.4 is 10.6 Å². The summed E-state index contributed by atoms with van der Waals surface area (Å²) in [6, 6.07) is 0. The first-order valence-corrected chi connectivity index (χ1v) is 7.67. The van der Waals surface area contributed by atoms with E-state index in [1.807, 2.05) is 0 Å². The van der Waals surface area contributed by atoms with Crippen LogP contribution in [-0.2, 0) is 19.1 Å². The summed E-state index contributed by atoms with van der Waals surface area (Å²) < 4.78 is 4.95. The summed E-state index contributed by atoms with van der Waals surface area (Å²) in [7, 11) is 0. The molecule has 2 amide bonds. The highest BCUT2D eigenvalue weighted by molar-refractivity contribution is 6.33. The lowest BCUT2D eigenvalue weighted by atomic mass is 10.2. The molecular formula is C15H24N4O7. The standard InChI is InChI=1S/C9H17NO4.C6H7N3O3/c1-9(2,3)14-8(13)10-6-4-5-7(11)12;1-6(5(11)12)8-2-4(9-6)7-3-10/h4-6H2,1-3H3,(H,10,13)(H,11,12);2-3H,1H3,(H,11,12)(H,7,9,10). The third kappa shape index (κ3) is 10.0. The van der Waals surface area contributed by atoms with E-state index >= 15 is 0 Å². The van der Waals surface area contributed by atoms with Gasteiger partial charge in [0.15, 0.2) is 0 Å². The van der Waals surface area contributed by atoms with E-state index < -0.39 is 29.3 Å². The van der Waals surface area contributed by atoms with Gasteiger partial charge in [0.25, 0.3) is 0 Å². The second kappa shape index (κ2) is 10.1. The van der Waals surface area contributed by atoms with E-state index in [-0.39, 0.29) is 12.3 Å². The minimum absolute atomic E-state index is 0.0514. The van der Waals surface area contributed by atoms with E-state index in [4.69, 9.17) is 14.9 Å². The maximum absolute atomic E-state index is 11.0. The first-order valence-electron chi connectivity index (χ1n) is 7.67. The SMILES string of the molecule is CC(C)(C)OC(=O)NCCCC(=O)O.CC1(C(=O)O)N=CC(NC=O)=N1. The Morgan fingerprint density at radius 3 is 2.35 bits per heavy atom. The number of amides is 2. The zero-order valence-electron chi connectivity index (χ0n) is 15.1. The molecule has 1 heterocycles. The highest BCUT2D eigenvalue weighted by atomic mass is 16.6. The van der Waals surface area contributed by atoms with Gasteiger partial charge in [-0.15, -0.1) is 0 Å². The van der Waals surface area contributed by atoms with Gasteiger partial charge >= 0.3 is 18.0 Å². The zero-order valence-corrected chi connectivity index (χ0v) is 15.1. The van der Waals surface area contributed by atoms with Crippen molar-refractivity contribution in [3.05, 3.63) is 0 Å². The molecule has 11 heteroatoms. The van der Waals surface area contributed by atoms with Gasteiger partial charge in [-0.3, -0.25) is 9.59 Å². The lowest BCUT2D eigenvalue weighted by Gasteiger charge is -2.19. The molecule has 0 spiro atoms. The predicted octanol–water partition coefficient (Wildman–Crippen LogP) is 0.392. The van der Waals surface area contributed by atoms with Crippen LogP contribution in [0.3, 0.4) is 0 Å². The Morgan fingerprint density at radius 2 is 1.92 bits per heavy atom. The van der Waals surface area contributed by atoms with Crippen LogP contribution in [0.2, 0.25) is 0 Å². The Morgan fingerprint density at radius 1 is 1.31 bits per heavy atom. The smallest absolute Gasteiger partial charge is 0.407 e. The maximum Gasteiger partial charge on any atom is 0.407 e. The number of alkyl carbamates (subject to hydrolysis) is 1. The summed E-state index contributed by atoms with van der Waals surface area (Å²) in [5.74, 6) is -1.85. The molecule has 11 nitrogen and oxygen atoms in total. The Labute approximate surface area is 150 Å². The van der Waals surface area contributed by atoms with Crippen molar-refractivity contribution in [2.45, 2.75) is 51.8 Å². The van der Waals surface area contributed by atoms with Crippen LogP contribution >= 0.6 is 0 Å². The molecule has 1 aliphatic rings. The van der Waals surface area contributed by atoms with Gasteiger partial charge in [0.1, 0.15) is 11.4 Å². The number of aliphatic carboxylic acids is 2. The summed E-state index contributed by atoms with van der Waals surface area (Å²) >= 11 is 0. The van der Waals surface area contributed by atoms with Crippen molar-refractivity contribution in [3.63, 3.8) is 0 Å². The summed E-state index contributed by atoms with van der Waals surface area (Å²) in [6.07, 6.45) is 1.58. The molecular weight excluding hydrogens is 348 g/mol. The highest BCUT2D eigenvalue weighted by Crippen LogP contribution is 2.15. The quantitative estimate of drug-likeness (QED) is 0.386. The predicted molar refractivity (Wildman–Crippen MR) is 92.3 cm³/mol. The number of carboxylic acid groups (broad SMARTS) is 2. The molecule has 1 unspecified atom stereocenters. The van der Waals surface area contributed by atoms with Gasteiger partial charge in [-0.1, -0.05) is 0 Å². The van der Waals surface area contributed by atoms with Crippen molar-refractivity contribution in [3.8, 4) is 0 Å². The van der Waals surface area contributed by atoms with Gasteiger partial charge < -0.3 is 25.6 Å². The first-order chi connectivity index (χ1) is 11.9. The number of nitrogens with zero attached hydrogens (tertiary/aromatic N) is 2. The second-order valence-corrected chi connectivity index (χ2v) is 6.27. The van der Waals surface area contributed by atoms with E-state index in [1.165, 1.54) is 13.1 Å². The molecule has 1 atom stereocenters. The first kappa shape index (κ1) is 23.0. The number of rotatable bonds is 6. The van der Waals surface area contributed by atoms with E-state index in [0.717, 1.165) is 0 Å². The summed E-state index contributed by atoms with van der Waals surface area (Å²) in [4.78, 5) is 48.9. The molecule has 1 aliphatic heterocycles. The molecule has 26 heavy (non-hydrogen) atoms. The van der Waals surface area contributed by atoms with E-state index in [1.54, 1.807) is 20.8 Å². The van der Waals surface area contributed by atoms with Crippen LogP contribution in [0.25, 0.3) is 0 Å². The molecule has 0 fully saturated rings. The van der Waals surface area contributed by atoms with E-state index in [0.29, 0.717) is 19.4 Å². The van der Waals surface area contributed by atoms with Crippen molar-refractivity contribution in [2.24, 2.45) is 9.98 Å². The van der Waals surface area contributed by atoms with Crippen molar-refractivity contribution in [2.75, 3.05) is 6.54 Å². The van der Waals surface area contributed by atoms with Gasteiger partial charge in [0.2, 0.25) is 12.1 Å². The Kier molecular flexibility index (Phi) is 8.95. The maximum atomic E-state index is 11.0. The lowest BCUT2D eigenvalue weighted by Crippen LogP contribution is -2.33. The molecule has 0 aliphatic carbocycles. The molecule has 4 N–H and O–H groups in total. The summed E-state index contributed by atoms with van der Waals surface area (Å²) in [5.41, 5.74) is -2.00. The number of carbonyl (C=O) groups excluding carboxylic acids is 2. The Bertz CT molecular complexity index is 595. The normalized spacial score (nSPS) is 18.1. The van der Waals surface area contributed by atoms with Crippen LogP contribution in [0, 0.1) is 0 Å². The highest BCUT2D eigenvalue weighted by Gasteiger charge is 2.34. The molecule has 0 aromatic heterocycles.